The molecule has 0 radical (unpaired) electrons. The first-order valence-corrected chi connectivity index (χ1v) is 8.36. The maximum absolute atomic E-state index is 12.5. The van der Waals surface area contributed by atoms with Crippen LogP contribution in [0.4, 0.5) is 0 Å². The molecule has 0 aromatic carbocycles. The largest absolute Gasteiger partial charge is 0.381 e. The van der Waals surface area contributed by atoms with Gasteiger partial charge in [-0.05, 0) is 38.0 Å². The Kier molecular flexibility index (Phi) is 6.03. The van der Waals surface area contributed by atoms with Crippen LogP contribution in [0.1, 0.15) is 52.4 Å². The smallest absolute Gasteiger partial charge is 0.245 e. The van der Waals surface area contributed by atoms with Gasteiger partial charge in [0.05, 0.1) is 0 Å². The van der Waals surface area contributed by atoms with Crippen molar-refractivity contribution in [2.24, 2.45) is 5.92 Å². The lowest BCUT2D eigenvalue weighted by molar-refractivity contribution is -0.149. The van der Waals surface area contributed by atoms with Gasteiger partial charge in [-0.2, -0.15) is 0 Å². The van der Waals surface area contributed by atoms with E-state index in [1.165, 1.54) is 12.8 Å². The lowest BCUT2D eigenvalue weighted by Gasteiger charge is -2.38. The third-order valence-electron chi connectivity index (χ3n) is 4.28. The van der Waals surface area contributed by atoms with Crippen LogP contribution in [0.2, 0.25) is 0 Å². The molecule has 2 fully saturated rings. The van der Waals surface area contributed by atoms with E-state index in [4.69, 9.17) is 4.74 Å². The van der Waals surface area contributed by atoms with E-state index in [0.29, 0.717) is 19.6 Å². The minimum atomic E-state index is -0.335. The molecular formula is C16H28N2O3. The monoisotopic (exact) mass is 296 g/mol. The number of carbonyl (C=O) groups is 2. The van der Waals surface area contributed by atoms with E-state index in [9.17, 15) is 9.59 Å². The second-order valence-electron chi connectivity index (χ2n) is 6.18. The van der Waals surface area contributed by atoms with Crippen LogP contribution in [-0.2, 0) is 14.3 Å². The predicted octanol–water partition coefficient (Wildman–Crippen LogP) is 1.71. The fourth-order valence-corrected chi connectivity index (χ4v) is 2.85. The molecule has 2 rings (SSSR count). The summed E-state index contributed by atoms with van der Waals surface area (Å²) in [7, 11) is 0. The highest BCUT2D eigenvalue weighted by Gasteiger charge is 2.38. The minimum absolute atomic E-state index is 0.00514. The van der Waals surface area contributed by atoms with E-state index in [2.05, 4.69) is 5.32 Å². The van der Waals surface area contributed by atoms with E-state index < -0.39 is 0 Å². The highest BCUT2D eigenvalue weighted by atomic mass is 16.5. The quantitative estimate of drug-likeness (QED) is 0.659. The first kappa shape index (κ1) is 16.3. The number of hydrogen-bond acceptors (Lipinski definition) is 3. The molecule has 5 heteroatoms. The number of hydrogen-bond donors (Lipinski definition) is 1. The first-order valence-electron chi connectivity index (χ1n) is 8.36. The molecule has 0 aromatic rings. The van der Waals surface area contributed by atoms with E-state index in [-0.39, 0.29) is 23.9 Å². The molecule has 2 amide bonds. The Morgan fingerprint density at radius 1 is 1.29 bits per heavy atom. The zero-order valence-corrected chi connectivity index (χ0v) is 13.3. The van der Waals surface area contributed by atoms with Crippen LogP contribution in [0.3, 0.4) is 0 Å². The van der Waals surface area contributed by atoms with Crippen molar-refractivity contribution in [1.29, 1.82) is 0 Å². The fourth-order valence-electron chi connectivity index (χ4n) is 2.85. The molecule has 1 aliphatic heterocycles. The Bertz CT molecular complexity index is 369. The molecule has 2 aliphatic rings. The molecule has 1 saturated carbocycles. The average Bonchev–Trinajstić information content (AvgIpc) is 3.27. The van der Waals surface area contributed by atoms with E-state index in [1.807, 2.05) is 13.8 Å². The van der Waals surface area contributed by atoms with Crippen molar-refractivity contribution < 1.29 is 14.3 Å². The highest BCUT2D eigenvalue weighted by molar-refractivity contribution is 5.96. The Hall–Kier alpha value is -1.10. The van der Waals surface area contributed by atoms with Gasteiger partial charge in [0.2, 0.25) is 11.8 Å². The van der Waals surface area contributed by atoms with Gasteiger partial charge in [0, 0.05) is 19.8 Å². The number of nitrogens with zero attached hydrogens (tertiary/aromatic N) is 1. The van der Waals surface area contributed by atoms with Crippen molar-refractivity contribution in [2.75, 3.05) is 19.8 Å². The Morgan fingerprint density at radius 2 is 2.05 bits per heavy atom. The van der Waals surface area contributed by atoms with Crippen molar-refractivity contribution in [3.63, 3.8) is 0 Å². The van der Waals surface area contributed by atoms with Gasteiger partial charge in [-0.3, -0.25) is 9.59 Å². The number of nitrogens with one attached hydrogen (secondary N) is 1. The SMILES string of the molecule is CCCC1NC(=O)C(CC)N(CCCOCC2CC2)C1=O. The third kappa shape index (κ3) is 4.43. The summed E-state index contributed by atoms with van der Waals surface area (Å²) in [6.07, 6.45) is 5.67. The summed E-state index contributed by atoms with van der Waals surface area (Å²) in [5.41, 5.74) is 0. The molecule has 1 N–H and O–H groups in total. The van der Waals surface area contributed by atoms with E-state index in [0.717, 1.165) is 31.8 Å². The normalized spacial score (nSPS) is 26.1. The molecule has 5 nitrogen and oxygen atoms in total. The number of rotatable bonds is 9. The van der Waals surface area contributed by atoms with Crippen LogP contribution in [0.25, 0.3) is 0 Å². The van der Waals surface area contributed by atoms with Crippen LogP contribution in [-0.4, -0.2) is 48.6 Å². The maximum Gasteiger partial charge on any atom is 0.245 e. The molecule has 2 unspecified atom stereocenters. The number of carbonyl (C=O) groups excluding carboxylic acids is 2. The standard InChI is InChI=1S/C16H28N2O3/c1-3-6-13-16(20)18(14(4-2)15(19)17-13)9-5-10-21-11-12-7-8-12/h12-14H,3-11H2,1-2H3,(H,17,19). The van der Waals surface area contributed by atoms with Crippen molar-refractivity contribution >= 4 is 11.8 Å². The molecule has 120 valence electrons. The second kappa shape index (κ2) is 7.78. The van der Waals surface area contributed by atoms with Crippen LogP contribution < -0.4 is 5.32 Å². The zero-order valence-electron chi connectivity index (χ0n) is 13.3. The maximum atomic E-state index is 12.5. The first-order chi connectivity index (χ1) is 10.2. The van der Waals surface area contributed by atoms with Crippen molar-refractivity contribution in [3.8, 4) is 0 Å². The molecule has 1 saturated heterocycles. The van der Waals surface area contributed by atoms with Gasteiger partial charge in [0.25, 0.3) is 0 Å². The number of ether oxygens (including phenoxy) is 1. The van der Waals surface area contributed by atoms with E-state index in [1.54, 1.807) is 4.90 Å². The van der Waals surface area contributed by atoms with Gasteiger partial charge in [-0.1, -0.05) is 20.3 Å². The summed E-state index contributed by atoms with van der Waals surface area (Å²) < 4.78 is 5.62. The minimum Gasteiger partial charge on any atom is -0.381 e. The lowest BCUT2D eigenvalue weighted by Crippen LogP contribution is -2.63. The molecule has 2 atom stereocenters. The van der Waals surface area contributed by atoms with E-state index >= 15 is 0 Å². The van der Waals surface area contributed by atoms with Gasteiger partial charge in [0.15, 0.2) is 0 Å². The number of piperazine rings is 1. The molecule has 1 aliphatic carbocycles. The topological polar surface area (TPSA) is 58.6 Å². The van der Waals surface area contributed by atoms with Crippen LogP contribution in [0, 0.1) is 5.92 Å². The van der Waals surface area contributed by atoms with Crippen molar-refractivity contribution in [1.82, 2.24) is 10.2 Å². The van der Waals surface area contributed by atoms with Crippen molar-refractivity contribution in [2.45, 2.75) is 64.5 Å². The Balaban J connectivity index is 1.82. The summed E-state index contributed by atoms with van der Waals surface area (Å²) in [4.78, 5) is 26.4. The van der Waals surface area contributed by atoms with Gasteiger partial charge < -0.3 is 15.0 Å². The highest BCUT2D eigenvalue weighted by Crippen LogP contribution is 2.28. The Labute approximate surface area is 127 Å². The lowest BCUT2D eigenvalue weighted by atomic mass is 10.0. The summed E-state index contributed by atoms with van der Waals surface area (Å²) >= 11 is 0. The summed E-state index contributed by atoms with van der Waals surface area (Å²) in [6, 6.07) is -0.647. The summed E-state index contributed by atoms with van der Waals surface area (Å²) in [5.74, 6) is 0.838. The molecule has 0 spiro atoms. The molecular weight excluding hydrogens is 268 g/mol. The van der Waals surface area contributed by atoms with Gasteiger partial charge in [-0.15, -0.1) is 0 Å². The second-order valence-corrected chi connectivity index (χ2v) is 6.18. The molecule has 0 aromatic heterocycles. The molecule has 0 bridgehead atoms. The predicted molar refractivity (Wildman–Crippen MR) is 80.8 cm³/mol. The fraction of sp³-hybridized carbons (Fsp3) is 0.875. The van der Waals surface area contributed by atoms with Crippen LogP contribution in [0.15, 0.2) is 0 Å². The van der Waals surface area contributed by atoms with Crippen LogP contribution in [0.5, 0.6) is 0 Å². The summed E-state index contributed by atoms with van der Waals surface area (Å²) in [5, 5.41) is 2.86. The van der Waals surface area contributed by atoms with Gasteiger partial charge in [0.1, 0.15) is 12.1 Å². The summed E-state index contributed by atoms with van der Waals surface area (Å²) in [6.45, 7) is 6.13. The average molecular weight is 296 g/mol. The van der Waals surface area contributed by atoms with Crippen molar-refractivity contribution in [3.05, 3.63) is 0 Å². The molecule has 21 heavy (non-hydrogen) atoms. The Morgan fingerprint density at radius 3 is 2.67 bits per heavy atom. The molecule has 1 heterocycles. The van der Waals surface area contributed by atoms with Gasteiger partial charge >= 0.3 is 0 Å². The third-order valence-corrected chi connectivity index (χ3v) is 4.28. The zero-order chi connectivity index (χ0) is 15.2. The van der Waals surface area contributed by atoms with Crippen LogP contribution >= 0.6 is 0 Å². The number of amides is 2. The van der Waals surface area contributed by atoms with Gasteiger partial charge in [-0.25, -0.2) is 0 Å².